The number of hydrogen-bond acceptors (Lipinski definition) is 3. The number of carbonyl (C=O) groups excluding carboxylic acids is 1. The Morgan fingerprint density at radius 3 is 3.00 bits per heavy atom. The number of amides is 1. The zero-order valence-electron chi connectivity index (χ0n) is 7.44. The summed E-state index contributed by atoms with van der Waals surface area (Å²) in [6.07, 6.45) is 2.92. The highest BCUT2D eigenvalue weighted by molar-refractivity contribution is 6.18. The van der Waals surface area contributed by atoms with Crippen LogP contribution < -0.4 is 5.32 Å². The Kier molecular flexibility index (Phi) is 1.57. The van der Waals surface area contributed by atoms with Crippen molar-refractivity contribution in [3.8, 4) is 0 Å². The molecular formula is C9H8N2O3. The number of pyridine rings is 1. The van der Waals surface area contributed by atoms with Gasteiger partial charge in [0.2, 0.25) is 5.91 Å². The van der Waals surface area contributed by atoms with Crippen LogP contribution in [-0.4, -0.2) is 22.0 Å². The van der Waals surface area contributed by atoms with E-state index in [9.17, 15) is 9.59 Å². The Labute approximate surface area is 79.8 Å². The lowest BCUT2D eigenvalue weighted by atomic mass is 9.84. The summed E-state index contributed by atoms with van der Waals surface area (Å²) in [5, 5.41) is 11.5. The highest BCUT2D eigenvalue weighted by atomic mass is 16.4. The number of nitrogens with zero attached hydrogens (tertiary/aromatic N) is 1. The molecule has 1 aromatic heterocycles. The van der Waals surface area contributed by atoms with Gasteiger partial charge >= 0.3 is 5.97 Å². The first-order valence-electron chi connectivity index (χ1n) is 4.06. The molecule has 0 radical (unpaired) electrons. The smallest absolute Gasteiger partial charge is 0.323 e. The Morgan fingerprint density at radius 1 is 1.64 bits per heavy atom. The molecule has 0 fully saturated rings. The molecule has 2 N–H and O–H groups in total. The number of fused-ring (bicyclic) bond motifs is 1. The van der Waals surface area contributed by atoms with Crippen molar-refractivity contribution in [3.05, 3.63) is 24.0 Å². The summed E-state index contributed by atoms with van der Waals surface area (Å²) in [5.41, 5.74) is -0.550. The maximum Gasteiger partial charge on any atom is 0.323 e. The van der Waals surface area contributed by atoms with Gasteiger partial charge in [-0.2, -0.15) is 0 Å². The van der Waals surface area contributed by atoms with Crippen LogP contribution in [0.2, 0.25) is 0 Å². The Morgan fingerprint density at radius 2 is 2.36 bits per heavy atom. The number of nitrogens with one attached hydrogen (secondary N) is 1. The standard InChI is InChI=1S/C9H8N2O3/c1-9(8(13)14)5-2-3-10-4-6(5)11-7(9)12/h2-4H,1H3,(H,11,12)(H,13,14). The Balaban J connectivity index is 2.66. The number of aliphatic carboxylic acids is 1. The molecule has 1 aromatic rings. The number of anilines is 1. The van der Waals surface area contributed by atoms with Crippen LogP contribution in [0.5, 0.6) is 0 Å². The van der Waals surface area contributed by atoms with Gasteiger partial charge in [0.1, 0.15) is 0 Å². The van der Waals surface area contributed by atoms with Gasteiger partial charge in [0.15, 0.2) is 5.41 Å². The monoisotopic (exact) mass is 192 g/mol. The van der Waals surface area contributed by atoms with E-state index in [4.69, 9.17) is 5.11 Å². The van der Waals surface area contributed by atoms with Gasteiger partial charge in [-0.1, -0.05) is 0 Å². The number of aromatic nitrogens is 1. The fraction of sp³-hybridized carbons (Fsp3) is 0.222. The third-order valence-corrected chi connectivity index (χ3v) is 2.49. The van der Waals surface area contributed by atoms with Gasteiger partial charge < -0.3 is 10.4 Å². The fourth-order valence-corrected chi connectivity index (χ4v) is 1.51. The van der Waals surface area contributed by atoms with Crippen molar-refractivity contribution >= 4 is 17.6 Å². The molecule has 1 aliphatic rings. The average Bonchev–Trinajstić information content (AvgIpc) is 2.41. The van der Waals surface area contributed by atoms with E-state index in [1.807, 2.05) is 0 Å². The maximum absolute atomic E-state index is 11.5. The summed E-state index contributed by atoms with van der Waals surface area (Å²) in [5.74, 6) is -1.67. The van der Waals surface area contributed by atoms with Crippen LogP contribution in [0.25, 0.3) is 0 Å². The molecule has 2 heterocycles. The molecular weight excluding hydrogens is 184 g/mol. The molecule has 5 nitrogen and oxygen atoms in total. The van der Waals surface area contributed by atoms with E-state index in [0.29, 0.717) is 11.3 Å². The number of carbonyl (C=O) groups is 2. The van der Waals surface area contributed by atoms with Crippen molar-refractivity contribution in [2.24, 2.45) is 0 Å². The van der Waals surface area contributed by atoms with Crippen LogP contribution in [0.1, 0.15) is 12.5 Å². The van der Waals surface area contributed by atoms with Crippen LogP contribution in [-0.2, 0) is 15.0 Å². The molecule has 0 saturated carbocycles. The number of rotatable bonds is 1. The normalized spacial score (nSPS) is 24.2. The molecule has 14 heavy (non-hydrogen) atoms. The first kappa shape index (κ1) is 8.68. The molecule has 1 unspecified atom stereocenters. The van der Waals surface area contributed by atoms with E-state index in [0.717, 1.165) is 0 Å². The predicted octanol–water partition coefficient (Wildman–Crippen LogP) is 0.376. The third-order valence-electron chi connectivity index (χ3n) is 2.49. The lowest BCUT2D eigenvalue weighted by molar-refractivity contribution is -0.146. The van der Waals surface area contributed by atoms with Crippen molar-refractivity contribution in [3.63, 3.8) is 0 Å². The van der Waals surface area contributed by atoms with Crippen LogP contribution in [0.4, 0.5) is 5.69 Å². The molecule has 72 valence electrons. The lowest BCUT2D eigenvalue weighted by Gasteiger charge is -2.15. The summed E-state index contributed by atoms with van der Waals surface area (Å²) >= 11 is 0. The average molecular weight is 192 g/mol. The van der Waals surface area contributed by atoms with Gasteiger partial charge in [-0.25, -0.2) is 0 Å². The quantitative estimate of drug-likeness (QED) is 0.630. The summed E-state index contributed by atoms with van der Waals surface area (Å²) < 4.78 is 0. The first-order valence-corrected chi connectivity index (χ1v) is 4.06. The van der Waals surface area contributed by atoms with Gasteiger partial charge in [0.05, 0.1) is 11.9 Å². The van der Waals surface area contributed by atoms with E-state index in [-0.39, 0.29) is 0 Å². The molecule has 0 aromatic carbocycles. The molecule has 5 heteroatoms. The molecule has 1 aliphatic heterocycles. The number of carboxylic acids is 1. The van der Waals surface area contributed by atoms with Crippen LogP contribution >= 0.6 is 0 Å². The molecule has 0 bridgehead atoms. The zero-order valence-corrected chi connectivity index (χ0v) is 7.44. The van der Waals surface area contributed by atoms with Crippen LogP contribution in [0.3, 0.4) is 0 Å². The van der Waals surface area contributed by atoms with E-state index in [2.05, 4.69) is 10.3 Å². The van der Waals surface area contributed by atoms with Gasteiger partial charge in [0.25, 0.3) is 0 Å². The van der Waals surface area contributed by atoms with Gasteiger partial charge in [0, 0.05) is 11.8 Å². The summed E-state index contributed by atoms with van der Waals surface area (Å²) in [6, 6.07) is 1.54. The second kappa shape index (κ2) is 2.54. The molecule has 2 rings (SSSR count). The van der Waals surface area contributed by atoms with Crippen molar-refractivity contribution in [2.75, 3.05) is 5.32 Å². The minimum atomic E-state index is -1.49. The molecule has 1 amide bonds. The van der Waals surface area contributed by atoms with Crippen molar-refractivity contribution in [1.82, 2.24) is 4.98 Å². The van der Waals surface area contributed by atoms with E-state index < -0.39 is 17.3 Å². The second-order valence-electron chi connectivity index (χ2n) is 3.31. The largest absolute Gasteiger partial charge is 0.480 e. The molecule has 1 atom stereocenters. The first-order chi connectivity index (χ1) is 6.56. The SMILES string of the molecule is CC1(C(=O)O)C(=O)Nc2cnccc21. The molecule has 0 aliphatic carbocycles. The summed E-state index contributed by atoms with van der Waals surface area (Å²) in [4.78, 5) is 26.3. The molecule has 0 saturated heterocycles. The van der Waals surface area contributed by atoms with E-state index in [1.54, 1.807) is 6.07 Å². The minimum Gasteiger partial charge on any atom is -0.480 e. The van der Waals surface area contributed by atoms with E-state index in [1.165, 1.54) is 19.3 Å². The van der Waals surface area contributed by atoms with E-state index >= 15 is 0 Å². The predicted molar refractivity (Wildman–Crippen MR) is 47.9 cm³/mol. The van der Waals surface area contributed by atoms with Gasteiger partial charge in [-0.3, -0.25) is 14.6 Å². The Hall–Kier alpha value is -1.91. The van der Waals surface area contributed by atoms with Crippen molar-refractivity contribution in [2.45, 2.75) is 12.3 Å². The highest BCUT2D eigenvalue weighted by Gasteiger charge is 2.49. The fourth-order valence-electron chi connectivity index (χ4n) is 1.51. The maximum atomic E-state index is 11.5. The van der Waals surface area contributed by atoms with Gasteiger partial charge in [-0.05, 0) is 13.0 Å². The van der Waals surface area contributed by atoms with Crippen molar-refractivity contribution in [1.29, 1.82) is 0 Å². The zero-order chi connectivity index (χ0) is 10.3. The second-order valence-corrected chi connectivity index (χ2v) is 3.31. The lowest BCUT2D eigenvalue weighted by Crippen LogP contribution is -2.39. The van der Waals surface area contributed by atoms with Crippen LogP contribution in [0.15, 0.2) is 18.5 Å². The molecule has 0 spiro atoms. The summed E-state index contributed by atoms with van der Waals surface area (Å²) in [7, 11) is 0. The minimum absolute atomic E-state index is 0.463. The third kappa shape index (κ3) is 0.863. The van der Waals surface area contributed by atoms with Gasteiger partial charge in [-0.15, -0.1) is 0 Å². The number of hydrogen-bond donors (Lipinski definition) is 2. The summed E-state index contributed by atoms with van der Waals surface area (Å²) in [6.45, 7) is 1.39. The van der Waals surface area contributed by atoms with Crippen molar-refractivity contribution < 1.29 is 14.7 Å². The number of carboxylic acid groups (broad SMARTS) is 1. The highest BCUT2D eigenvalue weighted by Crippen LogP contribution is 2.36. The van der Waals surface area contributed by atoms with Crippen LogP contribution in [0, 0.1) is 0 Å². The Bertz CT molecular complexity index is 430. The topological polar surface area (TPSA) is 79.3 Å².